The lowest BCUT2D eigenvalue weighted by Gasteiger charge is -2.40. The summed E-state index contributed by atoms with van der Waals surface area (Å²) in [7, 11) is 0. The van der Waals surface area contributed by atoms with E-state index >= 15 is 0 Å². The third kappa shape index (κ3) is 1.32. The molecule has 0 atom stereocenters. The zero-order chi connectivity index (χ0) is 10.3. The quantitative estimate of drug-likeness (QED) is 0.773. The van der Waals surface area contributed by atoms with Gasteiger partial charge in [-0.2, -0.15) is 12.6 Å². The summed E-state index contributed by atoms with van der Waals surface area (Å²) >= 11 is 4.40. The van der Waals surface area contributed by atoms with Crippen LogP contribution < -0.4 is 9.47 Å². The zero-order valence-electron chi connectivity index (χ0n) is 8.23. The van der Waals surface area contributed by atoms with Crippen LogP contribution in [0.15, 0.2) is 18.2 Å². The van der Waals surface area contributed by atoms with Crippen LogP contribution in [0.2, 0.25) is 0 Å². The van der Waals surface area contributed by atoms with Crippen LogP contribution in [0.25, 0.3) is 0 Å². The highest BCUT2D eigenvalue weighted by Crippen LogP contribution is 2.39. The van der Waals surface area contributed by atoms with Gasteiger partial charge in [-0.3, -0.25) is 0 Å². The summed E-state index contributed by atoms with van der Waals surface area (Å²) in [6.07, 6.45) is 0. The number of fused-ring (bicyclic) bond motifs is 1. The van der Waals surface area contributed by atoms with Gasteiger partial charge < -0.3 is 14.2 Å². The number of rotatable bonds is 2. The largest absolute Gasteiger partial charge is 0.454 e. The molecule has 1 saturated heterocycles. The average molecular weight is 224 g/mol. The molecule has 2 aliphatic heterocycles. The van der Waals surface area contributed by atoms with Crippen LogP contribution in [0.3, 0.4) is 0 Å². The predicted octanol–water partition coefficient (Wildman–Crippen LogP) is 1.61. The van der Waals surface area contributed by atoms with Gasteiger partial charge in [-0.15, -0.1) is 0 Å². The maximum absolute atomic E-state index is 5.36. The van der Waals surface area contributed by atoms with Crippen molar-refractivity contribution in [2.45, 2.75) is 5.41 Å². The minimum absolute atomic E-state index is 0.0735. The SMILES string of the molecule is SCC1(c2ccc3c(c2)OCO3)COC1. The zero-order valence-corrected chi connectivity index (χ0v) is 9.13. The molecule has 15 heavy (non-hydrogen) atoms. The van der Waals surface area contributed by atoms with Gasteiger partial charge in [0.05, 0.1) is 18.6 Å². The standard InChI is InChI=1S/C11H12O3S/c15-6-11(4-12-5-11)8-1-2-9-10(3-8)14-7-13-9/h1-3,15H,4-7H2. The maximum Gasteiger partial charge on any atom is 0.231 e. The lowest BCUT2D eigenvalue weighted by molar-refractivity contribution is -0.0471. The van der Waals surface area contributed by atoms with Gasteiger partial charge in [0.1, 0.15) is 0 Å². The fraction of sp³-hybridized carbons (Fsp3) is 0.455. The normalized spacial score (nSPS) is 21.1. The molecule has 4 heteroatoms. The van der Waals surface area contributed by atoms with Crippen molar-refractivity contribution in [2.75, 3.05) is 25.8 Å². The minimum Gasteiger partial charge on any atom is -0.454 e. The number of thiol groups is 1. The van der Waals surface area contributed by atoms with E-state index in [1.807, 2.05) is 12.1 Å². The molecule has 3 nitrogen and oxygen atoms in total. The molecule has 0 amide bonds. The molecule has 0 spiro atoms. The molecule has 1 aromatic carbocycles. The summed E-state index contributed by atoms with van der Waals surface area (Å²) in [5.74, 6) is 2.46. The van der Waals surface area contributed by atoms with E-state index in [0.29, 0.717) is 6.79 Å². The maximum atomic E-state index is 5.36. The van der Waals surface area contributed by atoms with Crippen LogP contribution in [0.1, 0.15) is 5.56 Å². The fourth-order valence-corrected chi connectivity index (χ4v) is 2.29. The van der Waals surface area contributed by atoms with Gasteiger partial charge in [0.2, 0.25) is 6.79 Å². The van der Waals surface area contributed by atoms with Gasteiger partial charge in [-0.1, -0.05) is 6.07 Å². The molecule has 0 unspecified atom stereocenters. The molecule has 0 saturated carbocycles. The van der Waals surface area contributed by atoms with E-state index < -0.39 is 0 Å². The molecule has 1 aromatic rings. The molecule has 0 radical (unpaired) electrons. The molecule has 3 rings (SSSR count). The van der Waals surface area contributed by atoms with Crippen LogP contribution in [0.5, 0.6) is 11.5 Å². The molecular weight excluding hydrogens is 212 g/mol. The summed E-state index contributed by atoms with van der Waals surface area (Å²) in [5, 5.41) is 0. The van der Waals surface area contributed by atoms with Gasteiger partial charge in [-0.25, -0.2) is 0 Å². The summed E-state index contributed by atoms with van der Waals surface area (Å²) < 4.78 is 15.9. The van der Waals surface area contributed by atoms with Crippen LogP contribution in [0, 0.1) is 0 Å². The molecule has 80 valence electrons. The molecule has 0 aromatic heterocycles. The van der Waals surface area contributed by atoms with Gasteiger partial charge >= 0.3 is 0 Å². The average Bonchev–Trinajstić information content (AvgIpc) is 2.64. The number of benzene rings is 1. The highest BCUT2D eigenvalue weighted by molar-refractivity contribution is 7.80. The van der Waals surface area contributed by atoms with E-state index in [1.165, 1.54) is 5.56 Å². The summed E-state index contributed by atoms with van der Waals surface area (Å²) in [4.78, 5) is 0. The summed E-state index contributed by atoms with van der Waals surface area (Å²) in [5.41, 5.74) is 1.30. The number of hydrogen-bond donors (Lipinski definition) is 1. The van der Waals surface area contributed by atoms with Crippen LogP contribution in [-0.4, -0.2) is 25.8 Å². The Morgan fingerprint density at radius 3 is 2.67 bits per heavy atom. The number of ether oxygens (including phenoxy) is 3. The molecule has 0 aliphatic carbocycles. The Balaban J connectivity index is 1.98. The minimum atomic E-state index is 0.0735. The second-order valence-corrected chi connectivity index (χ2v) is 4.32. The first-order chi connectivity index (χ1) is 7.34. The summed E-state index contributed by atoms with van der Waals surface area (Å²) in [6.45, 7) is 1.81. The monoisotopic (exact) mass is 224 g/mol. The van der Waals surface area contributed by atoms with Crippen molar-refractivity contribution in [1.29, 1.82) is 0 Å². The Morgan fingerprint density at radius 2 is 2.00 bits per heavy atom. The van der Waals surface area contributed by atoms with Crippen molar-refractivity contribution in [3.8, 4) is 11.5 Å². The summed E-state index contributed by atoms with van der Waals surface area (Å²) in [6, 6.07) is 6.08. The van der Waals surface area contributed by atoms with E-state index in [0.717, 1.165) is 30.5 Å². The Morgan fingerprint density at radius 1 is 1.20 bits per heavy atom. The smallest absolute Gasteiger partial charge is 0.231 e. The fourth-order valence-electron chi connectivity index (χ4n) is 1.92. The van der Waals surface area contributed by atoms with Crippen molar-refractivity contribution in [1.82, 2.24) is 0 Å². The number of hydrogen-bond acceptors (Lipinski definition) is 4. The molecular formula is C11H12O3S. The molecule has 2 heterocycles. The van der Waals surface area contributed by atoms with Gasteiger partial charge in [0.15, 0.2) is 11.5 Å². The van der Waals surface area contributed by atoms with Crippen LogP contribution >= 0.6 is 12.6 Å². The highest BCUT2D eigenvalue weighted by atomic mass is 32.1. The van der Waals surface area contributed by atoms with Crippen molar-refractivity contribution >= 4 is 12.6 Å². The van der Waals surface area contributed by atoms with Crippen molar-refractivity contribution in [3.05, 3.63) is 23.8 Å². The molecule has 0 N–H and O–H groups in total. The first-order valence-corrected chi connectivity index (χ1v) is 5.56. The van der Waals surface area contributed by atoms with E-state index in [-0.39, 0.29) is 5.41 Å². The van der Waals surface area contributed by atoms with Gasteiger partial charge in [0, 0.05) is 5.75 Å². The molecule has 0 bridgehead atoms. The predicted molar refractivity (Wildman–Crippen MR) is 58.9 cm³/mol. The first-order valence-electron chi connectivity index (χ1n) is 4.93. The van der Waals surface area contributed by atoms with Crippen molar-refractivity contribution < 1.29 is 14.2 Å². The third-order valence-electron chi connectivity index (χ3n) is 3.04. The van der Waals surface area contributed by atoms with E-state index in [1.54, 1.807) is 0 Å². The Labute approximate surface area is 93.7 Å². The topological polar surface area (TPSA) is 27.7 Å². The third-order valence-corrected chi connectivity index (χ3v) is 3.65. The lowest BCUT2D eigenvalue weighted by atomic mass is 9.80. The van der Waals surface area contributed by atoms with Crippen molar-refractivity contribution in [3.63, 3.8) is 0 Å². The van der Waals surface area contributed by atoms with Gasteiger partial charge in [0.25, 0.3) is 0 Å². The van der Waals surface area contributed by atoms with Crippen molar-refractivity contribution in [2.24, 2.45) is 0 Å². The van der Waals surface area contributed by atoms with Crippen LogP contribution in [-0.2, 0) is 10.2 Å². The lowest BCUT2D eigenvalue weighted by Crippen LogP contribution is -2.48. The highest BCUT2D eigenvalue weighted by Gasteiger charge is 2.39. The Bertz CT molecular complexity index is 382. The Kier molecular flexibility index (Phi) is 2.07. The Hall–Kier alpha value is -0.870. The molecule has 1 fully saturated rings. The van der Waals surface area contributed by atoms with Gasteiger partial charge in [-0.05, 0) is 17.7 Å². The van der Waals surface area contributed by atoms with E-state index in [4.69, 9.17) is 14.2 Å². The molecule has 2 aliphatic rings. The second-order valence-electron chi connectivity index (χ2n) is 4.00. The second kappa shape index (κ2) is 3.32. The van der Waals surface area contributed by atoms with Crippen LogP contribution in [0.4, 0.5) is 0 Å². The van der Waals surface area contributed by atoms with E-state index in [2.05, 4.69) is 18.7 Å². The first kappa shape index (κ1) is 9.36. The van der Waals surface area contributed by atoms with E-state index in [9.17, 15) is 0 Å².